The van der Waals surface area contributed by atoms with Gasteiger partial charge in [-0.2, -0.15) is 0 Å². The van der Waals surface area contributed by atoms with Crippen molar-refractivity contribution in [1.29, 1.82) is 0 Å². The smallest absolute Gasteiger partial charge is 0.239 e. The second kappa shape index (κ2) is 6.21. The predicted octanol–water partition coefficient (Wildman–Crippen LogP) is 2.43. The highest BCUT2D eigenvalue weighted by molar-refractivity contribution is 5.85. The molecule has 1 heterocycles. The molecule has 1 aliphatic rings. The summed E-state index contributed by atoms with van der Waals surface area (Å²) < 4.78 is 0. The summed E-state index contributed by atoms with van der Waals surface area (Å²) in [5.41, 5.74) is 8.22. The molecule has 1 aromatic rings. The van der Waals surface area contributed by atoms with Gasteiger partial charge in [0.1, 0.15) is 0 Å². The van der Waals surface area contributed by atoms with E-state index in [-0.39, 0.29) is 24.4 Å². The molecule has 1 aromatic carbocycles. The summed E-state index contributed by atoms with van der Waals surface area (Å²) in [5.74, 6) is 0.0655. The number of rotatable bonds is 2. The van der Waals surface area contributed by atoms with Crippen molar-refractivity contribution in [3.05, 3.63) is 35.4 Å². The number of amides is 1. The molecule has 2 atom stereocenters. The fourth-order valence-electron chi connectivity index (χ4n) is 2.58. The van der Waals surface area contributed by atoms with E-state index in [1.807, 2.05) is 17.0 Å². The van der Waals surface area contributed by atoms with Crippen LogP contribution in [0.4, 0.5) is 0 Å². The standard InChI is InChI=1S/C14H20N2O.ClH/c1-10-6-3-4-7-12(10)13-8-5-9-16(13)14(17)11(2)15;/h3-4,6-7,11,13H,5,8-9,15H2,1-2H3;1H/t11-,13?;/m1./s1. The highest BCUT2D eigenvalue weighted by Crippen LogP contribution is 2.33. The fourth-order valence-corrected chi connectivity index (χ4v) is 2.58. The molecule has 2 N–H and O–H groups in total. The number of hydrogen-bond acceptors (Lipinski definition) is 2. The minimum Gasteiger partial charge on any atom is -0.334 e. The van der Waals surface area contributed by atoms with Crippen LogP contribution in [0.2, 0.25) is 0 Å². The summed E-state index contributed by atoms with van der Waals surface area (Å²) in [6.07, 6.45) is 2.11. The van der Waals surface area contributed by atoms with E-state index in [0.717, 1.165) is 19.4 Å². The Morgan fingerprint density at radius 1 is 1.44 bits per heavy atom. The number of aryl methyl sites for hydroxylation is 1. The maximum Gasteiger partial charge on any atom is 0.239 e. The molecular weight excluding hydrogens is 248 g/mol. The van der Waals surface area contributed by atoms with E-state index < -0.39 is 6.04 Å². The normalized spacial score (nSPS) is 20.4. The van der Waals surface area contributed by atoms with Crippen molar-refractivity contribution in [1.82, 2.24) is 4.90 Å². The van der Waals surface area contributed by atoms with Crippen LogP contribution in [0.1, 0.15) is 36.9 Å². The van der Waals surface area contributed by atoms with E-state index >= 15 is 0 Å². The highest BCUT2D eigenvalue weighted by Gasteiger charge is 2.31. The summed E-state index contributed by atoms with van der Waals surface area (Å²) in [6.45, 7) is 4.69. The molecule has 0 spiro atoms. The number of benzene rings is 1. The van der Waals surface area contributed by atoms with Gasteiger partial charge >= 0.3 is 0 Å². The van der Waals surface area contributed by atoms with Crippen LogP contribution in [0.3, 0.4) is 0 Å². The van der Waals surface area contributed by atoms with Crippen molar-refractivity contribution in [3.8, 4) is 0 Å². The number of carbonyl (C=O) groups excluding carboxylic acids is 1. The maximum absolute atomic E-state index is 12.0. The van der Waals surface area contributed by atoms with Crippen LogP contribution in [-0.2, 0) is 4.79 Å². The van der Waals surface area contributed by atoms with Crippen LogP contribution in [0, 0.1) is 6.92 Å². The third kappa shape index (κ3) is 2.85. The van der Waals surface area contributed by atoms with Crippen LogP contribution in [0.5, 0.6) is 0 Å². The zero-order valence-electron chi connectivity index (χ0n) is 10.9. The Morgan fingerprint density at radius 3 is 2.72 bits per heavy atom. The Hall–Kier alpha value is -1.06. The third-order valence-corrected chi connectivity index (χ3v) is 3.47. The van der Waals surface area contributed by atoms with Gasteiger partial charge in [0.25, 0.3) is 0 Å². The monoisotopic (exact) mass is 268 g/mol. The average molecular weight is 269 g/mol. The molecule has 0 aliphatic carbocycles. The zero-order valence-corrected chi connectivity index (χ0v) is 11.7. The van der Waals surface area contributed by atoms with E-state index in [9.17, 15) is 4.79 Å². The molecule has 1 unspecified atom stereocenters. The van der Waals surface area contributed by atoms with Gasteiger partial charge < -0.3 is 10.6 Å². The molecule has 4 heteroatoms. The van der Waals surface area contributed by atoms with Crippen molar-refractivity contribution >= 4 is 18.3 Å². The Labute approximate surface area is 115 Å². The lowest BCUT2D eigenvalue weighted by Gasteiger charge is -2.27. The van der Waals surface area contributed by atoms with Gasteiger partial charge in [0.15, 0.2) is 0 Å². The Kier molecular flexibility index (Phi) is 5.17. The Bertz CT molecular complexity index is 420. The summed E-state index contributed by atoms with van der Waals surface area (Å²) in [7, 11) is 0. The second-order valence-electron chi connectivity index (χ2n) is 4.83. The first-order valence-corrected chi connectivity index (χ1v) is 6.23. The number of nitrogens with two attached hydrogens (primary N) is 1. The van der Waals surface area contributed by atoms with Crippen LogP contribution in [0.15, 0.2) is 24.3 Å². The number of halogens is 1. The van der Waals surface area contributed by atoms with Crippen LogP contribution < -0.4 is 5.73 Å². The SMILES string of the molecule is Cc1ccccc1C1CCCN1C(=O)[C@@H](C)N.Cl. The van der Waals surface area contributed by atoms with E-state index in [1.54, 1.807) is 6.92 Å². The summed E-state index contributed by atoms with van der Waals surface area (Å²) >= 11 is 0. The summed E-state index contributed by atoms with van der Waals surface area (Å²) in [4.78, 5) is 14.0. The van der Waals surface area contributed by atoms with Crippen LogP contribution >= 0.6 is 12.4 Å². The van der Waals surface area contributed by atoms with Gasteiger partial charge in [-0.3, -0.25) is 4.79 Å². The molecule has 3 nitrogen and oxygen atoms in total. The largest absolute Gasteiger partial charge is 0.334 e. The Balaban J connectivity index is 0.00000162. The lowest BCUT2D eigenvalue weighted by atomic mass is 9.99. The van der Waals surface area contributed by atoms with Gasteiger partial charge in [-0.25, -0.2) is 0 Å². The van der Waals surface area contributed by atoms with Crippen LogP contribution in [-0.4, -0.2) is 23.4 Å². The molecule has 0 radical (unpaired) electrons. The lowest BCUT2D eigenvalue weighted by molar-refractivity contribution is -0.133. The fraction of sp³-hybridized carbons (Fsp3) is 0.500. The summed E-state index contributed by atoms with van der Waals surface area (Å²) in [5, 5.41) is 0. The Morgan fingerprint density at radius 2 is 2.11 bits per heavy atom. The van der Waals surface area contributed by atoms with E-state index in [0.29, 0.717) is 0 Å². The first kappa shape index (κ1) is 15.0. The third-order valence-electron chi connectivity index (χ3n) is 3.47. The quantitative estimate of drug-likeness (QED) is 0.895. The molecule has 1 saturated heterocycles. The van der Waals surface area contributed by atoms with Gasteiger partial charge in [-0.05, 0) is 37.8 Å². The van der Waals surface area contributed by atoms with Crippen molar-refractivity contribution in [2.75, 3.05) is 6.54 Å². The van der Waals surface area contributed by atoms with Crippen molar-refractivity contribution in [2.24, 2.45) is 5.73 Å². The van der Waals surface area contributed by atoms with Gasteiger partial charge in [-0.1, -0.05) is 24.3 Å². The van der Waals surface area contributed by atoms with Crippen molar-refractivity contribution in [3.63, 3.8) is 0 Å². The predicted molar refractivity (Wildman–Crippen MR) is 75.8 cm³/mol. The lowest BCUT2D eigenvalue weighted by Crippen LogP contribution is -2.41. The van der Waals surface area contributed by atoms with Gasteiger partial charge in [-0.15, -0.1) is 12.4 Å². The molecular formula is C14H21ClN2O. The van der Waals surface area contributed by atoms with Crippen LogP contribution in [0.25, 0.3) is 0 Å². The number of carbonyl (C=O) groups is 1. The topological polar surface area (TPSA) is 46.3 Å². The first-order valence-electron chi connectivity index (χ1n) is 6.23. The number of likely N-dealkylation sites (tertiary alicyclic amines) is 1. The van der Waals surface area contributed by atoms with Gasteiger partial charge in [0, 0.05) is 6.54 Å². The maximum atomic E-state index is 12.0. The average Bonchev–Trinajstić information content (AvgIpc) is 2.77. The molecule has 18 heavy (non-hydrogen) atoms. The minimum atomic E-state index is -0.403. The summed E-state index contributed by atoms with van der Waals surface area (Å²) in [6, 6.07) is 8.10. The molecule has 0 aromatic heterocycles. The zero-order chi connectivity index (χ0) is 12.4. The molecule has 1 aliphatic heterocycles. The molecule has 1 fully saturated rings. The van der Waals surface area contributed by atoms with Gasteiger partial charge in [0.05, 0.1) is 12.1 Å². The van der Waals surface area contributed by atoms with E-state index in [4.69, 9.17) is 5.73 Å². The minimum absolute atomic E-state index is 0. The highest BCUT2D eigenvalue weighted by atomic mass is 35.5. The second-order valence-corrected chi connectivity index (χ2v) is 4.83. The first-order chi connectivity index (χ1) is 8.11. The van der Waals surface area contributed by atoms with E-state index in [2.05, 4.69) is 19.1 Å². The van der Waals surface area contributed by atoms with Gasteiger partial charge in [0.2, 0.25) is 5.91 Å². The van der Waals surface area contributed by atoms with E-state index in [1.165, 1.54) is 11.1 Å². The van der Waals surface area contributed by atoms with Crippen molar-refractivity contribution in [2.45, 2.75) is 38.8 Å². The molecule has 2 rings (SSSR count). The molecule has 1 amide bonds. The molecule has 100 valence electrons. The molecule has 0 bridgehead atoms. The number of nitrogens with zero attached hydrogens (tertiary/aromatic N) is 1. The molecule has 0 saturated carbocycles. The van der Waals surface area contributed by atoms with Crippen molar-refractivity contribution < 1.29 is 4.79 Å². The number of hydrogen-bond donors (Lipinski definition) is 1.